The number of rotatable bonds is 3. The summed E-state index contributed by atoms with van der Waals surface area (Å²) >= 11 is 0. The molecule has 3 rings (SSSR count). The summed E-state index contributed by atoms with van der Waals surface area (Å²) in [5, 5.41) is 13.1. The fourth-order valence-electron chi connectivity index (χ4n) is 3.83. The largest absolute Gasteiger partial charge is 0.387 e. The zero-order valence-electron chi connectivity index (χ0n) is 13.0. The van der Waals surface area contributed by atoms with E-state index in [2.05, 4.69) is 43.0 Å². The average Bonchev–Trinajstić information content (AvgIpc) is 2.45. The number of β-amino-alcohol motifs (C(OH)–C–C–N with tert-alkyl or cyclic N) is 1. The van der Waals surface area contributed by atoms with Crippen molar-refractivity contribution in [3.8, 4) is 0 Å². The number of likely N-dealkylation sites (tertiary alicyclic amines) is 1. The number of aliphatic hydroxyl groups excluding tert-OH is 1. The highest BCUT2D eigenvalue weighted by molar-refractivity contribution is 5.85. The zero-order valence-corrected chi connectivity index (χ0v) is 13.0. The summed E-state index contributed by atoms with van der Waals surface area (Å²) in [4.78, 5) is 2.42. The van der Waals surface area contributed by atoms with E-state index < -0.39 is 6.10 Å². The van der Waals surface area contributed by atoms with E-state index >= 15 is 0 Å². The highest BCUT2D eigenvalue weighted by Crippen LogP contribution is 2.27. The molecule has 1 saturated heterocycles. The molecule has 1 heterocycles. The van der Waals surface area contributed by atoms with Crippen LogP contribution in [0.2, 0.25) is 0 Å². The number of nitrogens with zero attached hydrogens (tertiary/aromatic N) is 1. The Kier molecular flexibility index (Phi) is 4.27. The van der Waals surface area contributed by atoms with Crippen LogP contribution in [-0.4, -0.2) is 29.6 Å². The monoisotopic (exact) mass is 283 g/mol. The molecule has 2 heteroatoms. The third-order valence-corrected chi connectivity index (χ3v) is 4.56. The first-order valence-electron chi connectivity index (χ1n) is 8.01. The topological polar surface area (TPSA) is 23.5 Å². The predicted octanol–water partition coefficient (Wildman–Crippen LogP) is 3.85. The standard InChI is InChI=1S/C19H25NO/c1-14-10-15(2)12-20(11-14)13-19(21)18-9-5-7-16-6-3-4-8-17(16)18/h3-9,14-15,19,21H,10-13H2,1-2H3. The lowest BCUT2D eigenvalue weighted by molar-refractivity contribution is 0.0706. The minimum absolute atomic E-state index is 0.409. The van der Waals surface area contributed by atoms with Crippen LogP contribution in [0.1, 0.15) is 31.9 Å². The average molecular weight is 283 g/mol. The summed E-state index contributed by atoms with van der Waals surface area (Å²) < 4.78 is 0. The second kappa shape index (κ2) is 6.17. The molecule has 2 nitrogen and oxygen atoms in total. The Balaban J connectivity index is 1.79. The van der Waals surface area contributed by atoms with Crippen molar-refractivity contribution >= 4 is 10.8 Å². The number of aliphatic hydroxyl groups is 1. The summed E-state index contributed by atoms with van der Waals surface area (Å²) in [6, 6.07) is 14.5. The van der Waals surface area contributed by atoms with E-state index in [9.17, 15) is 5.11 Å². The predicted molar refractivity (Wildman–Crippen MR) is 88.3 cm³/mol. The summed E-state index contributed by atoms with van der Waals surface area (Å²) in [6.07, 6.45) is 0.898. The van der Waals surface area contributed by atoms with E-state index in [1.807, 2.05) is 18.2 Å². The molecule has 0 aliphatic carbocycles. The molecule has 1 N–H and O–H groups in total. The summed E-state index contributed by atoms with van der Waals surface area (Å²) in [7, 11) is 0. The Morgan fingerprint density at radius 2 is 1.71 bits per heavy atom. The first-order valence-corrected chi connectivity index (χ1v) is 8.01. The second-order valence-electron chi connectivity index (χ2n) is 6.75. The first-order chi connectivity index (χ1) is 10.1. The molecule has 3 atom stereocenters. The molecule has 0 radical (unpaired) electrons. The Bertz CT molecular complexity index is 594. The Morgan fingerprint density at radius 3 is 2.48 bits per heavy atom. The highest BCUT2D eigenvalue weighted by Gasteiger charge is 2.24. The van der Waals surface area contributed by atoms with Crippen molar-refractivity contribution in [3.05, 3.63) is 48.0 Å². The molecule has 1 fully saturated rings. The molecular weight excluding hydrogens is 258 g/mol. The normalized spacial score (nSPS) is 25.1. The number of piperidine rings is 1. The van der Waals surface area contributed by atoms with Crippen LogP contribution in [0.15, 0.2) is 42.5 Å². The molecular formula is C19H25NO. The van der Waals surface area contributed by atoms with Crippen LogP contribution in [0.25, 0.3) is 10.8 Å². The third kappa shape index (κ3) is 3.28. The molecule has 0 amide bonds. The van der Waals surface area contributed by atoms with E-state index in [0.29, 0.717) is 0 Å². The van der Waals surface area contributed by atoms with Gasteiger partial charge in [0, 0.05) is 19.6 Å². The minimum atomic E-state index is -0.409. The molecule has 0 aromatic heterocycles. The Hall–Kier alpha value is -1.38. The summed E-state index contributed by atoms with van der Waals surface area (Å²) in [5.74, 6) is 1.46. The second-order valence-corrected chi connectivity index (χ2v) is 6.75. The van der Waals surface area contributed by atoms with Crippen LogP contribution >= 0.6 is 0 Å². The number of hydrogen-bond donors (Lipinski definition) is 1. The molecule has 112 valence electrons. The van der Waals surface area contributed by atoms with Gasteiger partial charge in [0.05, 0.1) is 6.10 Å². The molecule has 3 unspecified atom stereocenters. The number of benzene rings is 2. The number of hydrogen-bond acceptors (Lipinski definition) is 2. The van der Waals surface area contributed by atoms with Gasteiger partial charge >= 0.3 is 0 Å². The van der Waals surface area contributed by atoms with Crippen molar-refractivity contribution in [2.75, 3.05) is 19.6 Å². The molecule has 2 aromatic carbocycles. The van der Waals surface area contributed by atoms with E-state index in [1.54, 1.807) is 0 Å². The van der Waals surface area contributed by atoms with E-state index in [-0.39, 0.29) is 0 Å². The SMILES string of the molecule is CC1CC(C)CN(CC(O)c2cccc3ccccc23)C1. The van der Waals surface area contributed by atoms with E-state index in [4.69, 9.17) is 0 Å². The van der Waals surface area contributed by atoms with Gasteiger partial charge in [-0.15, -0.1) is 0 Å². The maximum Gasteiger partial charge on any atom is 0.0922 e. The van der Waals surface area contributed by atoms with Crippen LogP contribution < -0.4 is 0 Å². The third-order valence-electron chi connectivity index (χ3n) is 4.56. The van der Waals surface area contributed by atoms with Gasteiger partial charge < -0.3 is 5.11 Å². The van der Waals surface area contributed by atoms with Crippen LogP contribution in [-0.2, 0) is 0 Å². The summed E-state index contributed by atoms with van der Waals surface area (Å²) in [6.45, 7) is 7.57. The molecule has 21 heavy (non-hydrogen) atoms. The lowest BCUT2D eigenvalue weighted by atomic mass is 9.91. The molecule has 0 spiro atoms. The zero-order chi connectivity index (χ0) is 14.8. The molecule has 0 saturated carbocycles. The van der Waals surface area contributed by atoms with Crippen molar-refractivity contribution in [2.24, 2.45) is 11.8 Å². The van der Waals surface area contributed by atoms with Crippen molar-refractivity contribution in [1.82, 2.24) is 4.90 Å². The first kappa shape index (κ1) is 14.6. The maximum absolute atomic E-state index is 10.7. The number of fused-ring (bicyclic) bond motifs is 1. The van der Waals surface area contributed by atoms with Crippen LogP contribution in [0.5, 0.6) is 0 Å². The Labute approximate surface area is 127 Å². The molecule has 0 bridgehead atoms. The van der Waals surface area contributed by atoms with Gasteiger partial charge in [-0.05, 0) is 34.6 Å². The molecule has 2 aromatic rings. The van der Waals surface area contributed by atoms with Crippen molar-refractivity contribution in [3.63, 3.8) is 0 Å². The fourth-order valence-corrected chi connectivity index (χ4v) is 3.83. The summed E-state index contributed by atoms with van der Waals surface area (Å²) in [5.41, 5.74) is 1.05. The van der Waals surface area contributed by atoms with Crippen molar-refractivity contribution < 1.29 is 5.11 Å². The lowest BCUT2D eigenvalue weighted by Gasteiger charge is -2.36. The molecule has 1 aliphatic rings. The molecule has 1 aliphatic heterocycles. The van der Waals surface area contributed by atoms with Gasteiger partial charge in [-0.25, -0.2) is 0 Å². The Morgan fingerprint density at radius 1 is 1.05 bits per heavy atom. The lowest BCUT2D eigenvalue weighted by Crippen LogP contribution is -2.40. The van der Waals surface area contributed by atoms with Crippen LogP contribution in [0, 0.1) is 11.8 Å². The van der Waals surface area contributed by atoms with Gasteiger partial charge in [0.1, 0.15) is 0 Å². The fraction of sp³-hybridized carbons (Fsp3) is 0.474. The van der Waals surface area contributed by atoms with Gasteiger partial charge in [-0.2, -0.15) is 0 Å². The smallest absolute Gasteiger partial charge is 0.0922 e. The van der Waals surface area contributed by atoms with Crippen LogP contribution in [0.4, 0.5) is 0 Å². The van der Waals surface area contributed by atoms with Gasteiger partial charge in [-0.3, -0.25) is 4.90 Å². The highest BCUT2D eigenvalue weighted by atomic mass is 16.3. The van der Waals surface area contributed by atoms with Gasteiger partial charge in [0.25, 0.3) is 0 Å². The maximum atomic E-state index is 10.7. The van der Waals surface area contributed by atoms with Gasteiger partial charge in [0.15, 0.2) is 0 Å². The quantitative estimate of drug-likeness (QED) is 0.925. The van der Waals surface area contributed by atoms with Crippen molar-refractivity contribution in [1.29, 1.82) is 0 Å². The van der Waals surface area contributed by atoms with Crippen molar-refractivity contribution in [2.45, 2.75) is 26.4 Å². The van der Waals surface area contributed by atoms with Crippen LogP contribution in [0.3, 0.4) is 0 Å². The van der Waals surface area contributed by atoms with Gasteiger partial charge in [-0.1, -0.05) is 56.3 Å². The van der Waals surface area contributed by atoms with E-state index in [0.717, 1.165) is 37.0 Å². The van der Waals surface area contributed by atoms with Gasteiger partial charge in [0.2, 0.25) is 0 Å². The van der Waals surface area contributed by atoms with E-state index in [1.165, 1.54) is 17.2 Å². The minimum Gasteiger partial charge on any atom is -0.387 e.